The van der Waals surface area contributed by atoms with E-state index >= 15 is 0 Å². The van der Waals surface area contributed by atoms with E-state index in [4.69, 9.17) is 0 Å². The lowest BCUT2D eigenvalue weighted by Gasteiger charge is -2.45. The molecule has 3 fully saturated rings. The average molecular weight is 491 g/mol. The van der Waals surface area contributed by atoms with Gasteiger partial charge in [0.25, 0.3) is 0 Å². The summed E-state index contributed by atoms with van der Waals surface area (Å²) >= 11 is 0. The summed E-state index contributed by atoms with van der Waals surface area (Å²) in [5.41, 5.74) is 0.216. The minimum atomic E-state index is 0. The zero-order valence-corrected chi connectivity index (χ0v) is 19.8. The predicted molar refractivity (Wildman–Crippen MR) is 122 cm³/mol. The number of carbonyl (C=O) groups excluding carboxylic acids is 1. The van der Waals surface area contributed by atoms with Crippen molar-refractivity contribution < 1.29 is 4.79 Å². The monoisotopic (exact) mass is 491 g/mol. The van der Waals surface area contributed by atoms with E-state index in [2.05, 4.69) is 46.2 Å². The number of nitrogens with one attached hydrogen (secondary N) is 2. The van der Waals surface area contributed by atoms with Gasteiger partial charge in [0.2, 0.25) is 5.91 Å². The Bertz CT molecular complexity index is 552. The second-order valence-corrected chi connectivity index (χ2v) is 9.39. The lowest BCUT2D eigenvalue weighted by molar-refractivity contribution is -0.119. The molecule has 27 heavy (non-hydrogen) atoms. The van der Waals surface area contributed by atoms with Crippen molar-refractivity contribution >= 4 is 35.8 Å². The molecule has 2 unspecified atom stereocenters. The van der Waals surface area contributed by atoms with Crippen LogP contribution < -0.4 is 10.6 Å². The van der Waals surface area contributed by atoms with E-state index in [9.17, 15) is 4.79 Å². The van der Waals surface area contributed by atoms with Crippen LogP contribution >= 0.6 is 24.0 Å². The number of likely N-dealkylation sites (tertiary alicyclic amines) is 2. The molecule has 1 spiro atoms. The molecule has 0 aromatic carbocycles. The Morgan fingerprint density at radius 1 is 1.37 bits per heavy atom. The van der Waals surface area contributed by atoms with Gasteiger partial charge in [-0.15, -0.1) is 24.0 Å². The van der Waals surface area contributed by atoms with E-state index in [0.717, 1.165) is 50.9 Å². The Hall–Kier alpha value is -0.570. The number of hydrogen-bond donors (Lipinski definition) is 2. The highest BCUT2D eigenvalue weighted by atomic mass is 127. The second-order valence-electron chi connectivity index (χ2n) is 9.39. The first-order chi connectivity index (χ1) is 12.3. The van der Waals surface area contributed by atoms with E-state index in [-0.39, 0.29) is 40.8 Å². The fraction of sp³-hybridized carbons (Fsp3) is 0.900. The van der Waals surface area contributed by atoms with Crippen LogP contribution in [0.25, 0.3) is 0 Å². The molecule has 0 saturated carbocycles. The van der Waals surface area contributed by atoms with Crippen LogP contribution in [-0.2, 0) is 4.79 Å². The van der Waals surface area contributed by atoms with Gasteiger partial charge < -0.3 is 15.5 Å². The van der Waals surface area contributed by atoms with Crippen LogP contribution in [0.1, 0.15) is 52.9 Å². The van der Waals surface area contributed by atoms with Crippen molar-refractivity contribution in [1.29, 1.82) is 0 Å². The molecule has 1 amide bonds. The number of hydrogen-bond acceptors (Lipinski definition) is 3. The van der Waals surface area contributed by atoms with E-state index < -0.39 is 0 Å². The van der Waals surface area contributed by atoms with E-state index in [1.54, 1.807) is 0 Å². The van der Waals surface area contributed by atoms with Gasteiger partial charge >= 0.3 is 0 Å². The highest BCUT2D eigenvalue weighted by Crippen LogP contribution is 2.36. The third-order valence-corrected chi connectivity index (χ3v) is 6.56. The van der Waals surface area contributed by atoms with Crippen LogP contribution in [0.3, 0.4) is 0 Å². The molecular weight excluding hydrogens is 453 g/mol. The van der Waals surface area contributed by atoms with Crippen LogP contribution in [0.4, 0.5) is 0 Å². The van der Waals surface area contributed by atoms with Gasteiger partial charge in [-0.3, -0.25) is 14.7 Å². The standard InChI is InChI=1S/C20H37N5O.HI/c1-16-7-5-10-25(12-16)19(2,3)13-23-18(21-4)24-9-6-8-20(15-24)11-17(26)22-14-20;/h16H,5-15H2,1-4H3,(H,21,23)(H,22,26);1H. The Balaban J connectivity index is 0.00000261. The first-order valence-corrected chi connectivity index (χ1v) is 10.3. The highest BCUT2D eigenvalue weighted by Gasteiger charge is 2.42. The van der Waals surface area contributed by atoms with Gasteiger partial charge in [-0.05, 0) is 52.0 Å². The van der Waals surface area contributed by atoms with Crippen molar-refractivity contribution in [2.24, 2.45) is 16.3 Å². The molecule has 0 radical (unpaired) electrons. The number of halogens is 1. The molecule has 2 atom stereocenters. The molecule has 2 N–H and O–H groups in total. The number of rotatable bonds is 3. The second kappa shape index (κ2) is 9.29. The molecule has 0 aromatic rings. The zero-order valence-electron chi connectivity index (χ0n) is 17.5. The van der Waals surface area contributed by atoms with Gasteiger partial charge in [0.05, 0.1) is 0 Å². The fourth-order valence-electron chi connectivity index (χ4n) is 4.91. The van der Waals surface area contributed by atoms with Gasteiger partial charge in [0.15, 0.2) is 5.96 Å². The number of piperidine rings is 2. The van der Waals surface area contributed by atoms with E-state index in [1.807, 2.05) is 7.05 Å². The summed E-state index contributed by atoms with van der Waals surface area (Å²) in [6.45, 7) is 13.1. The summed E-state index contributed by atoms with van der Waals surface area (Å²) < 4.78 is 0. The van der Waals surface area contributed by atoms with Gasteiger partial charge in [0, 0.05) is 57.1 Å². The first-order valence-electron chi connectivity index (χ1n) is 10.3. The van der Waals surface area contributed by atoms with Crippen molar-refractivity contribution in [3.63, 3.8) is 0 Å². The van der Waals surface area contributed by atoms with Crippen LogP contribution in [-0.4, -0.2) is 73.5 Å². The molecular formula is C20H38IN5O. The van der Waals surface area contributed by atoms with Crippen molar-refractivity contribution in [1.82, 2.24) is 20.4 Å². The molecule has 0 aromatic heterocycles. The highest BCUT2D eigenvalue weighted by molar-refractivity contribution is 14.0. The van der Waals surface area contributed by atoms with Crippen molar-refractivity contribution in [2.45, 2.75) is 58.4 Å². The molecule has 6 nitrogen and oxygen atoms in total. The Morgan fingerprint density at radius 2 is 2.15 bits per heavy atom. The van der Waals surface area contributed by atoms with Crippen molar-refractivity contribution in [3.8, 4) is 0 Å². The molecule has 7 heteroatoms. The smallest absolute Gasteiger partial charge is 0.220 e. The topological polar surface area (TPSA) is 60.0 Å². The molecule has 3 aliphatic rings. The minimum absolute atomic E-state index is 0. The minimum Gasteiger partial charge on any atom is -0.355 e. The summed E-state index contributed by atoms with van der Waals surface area (Å²) in [5.74, 6) is 1.98. The molecule has 0 aliphatic carbocycles. The van der Waals surface area contributed by atoms with E-state index in [0.29, 0.717) is 6.42 Å². The fourth-order valence-corrected chi connectivity index (χ4v) is 4.91. The summed E-state index contributed by atoms with van der Waals surface area (Å²) in [4.78, 5) is 21.3. The maximum atomic E-state index is 11.7. The Labute approximate surface area is 181 Å². The number of amides is 1. The van der Waals surface area contributed by atoms with Crippen LogP contribution in [0.15, 0.2) is 4.99 Å². The van der Waals surface area contributed by atoms with Crippen LogP contribution in [0.5, 0.6) is 0 Å². The molecule has 0 bridgehead atoms. The third-order valence-electron chi connectivity index (χ3n) is 6.56. The quantitative estimate of drug-likeness (QED) is 0.362. The van der Waals surface area contributed by atoms with Crippen molar-refractivity contribution in [3.05, 3.63) is 0 Å². The third kappa shape index (κ3) is 5.49. The van der Waals surface area contributed by atoms with Gasteiger partial charge in [-0.1, -0.05) is 6.92 Å². The zero-order chi connectivity index (χ0) is 18.8. The summed E-state index contributed by atoms with van der Waals surface area (Å²) in [6.07, 6.45) is 5.58. The lowest BCUT2D eigenvalue weighted by Crippen LogP contribution is -2.58. The summed E-state index contributed by atoms with van der Waals surface area (Å²) in [5, 5.41) is 6.67. The van der Waals surface area contributed by atoms with Gasteiger partial charge in [0.1, 0.15) is 0 Å². The molecule has 3 rings (SSSR count). The Morgan fingerprint density at radius 3 is 2.78 bits per heavy atom. The summed E-state index contributed by atoms with van der Waals surface area (Å²) in [6, 6.07) is 0. The Kier molecular flexibility index (Phi) is 7.81. The van der Waals surface area contributed by atoms with Gasteiger partial charge in [-0.2, -0.15) is 0 Å². The maximum Gasteiger partial charge on any atom is 0.220 e. The molecule has 3 heterocycles. The summed E-state index contributed by atoms with van der Waals surface area (Å²) in [7, 11) is 1.87. The largest absolute Gasteiger partial charge is 0.355 e. The van der Waals surface area contributed by atoms with Crippen LogP contribution in [0.2, 0.25) is 0 Å². The van der Waals surface area contributed by atoms with Crippen molar-refractivity contribution in [2.75, 3.05) is 46.3 Å². The SMILES string of the molecule is CN=C(NCC(C)(C)N1CCCC(C)C1)N1CCCC2(CNC(=O)C2)C1.I. The number of guanidine groups is 1. The molecule has 3 saturated heterocycles. The van der Waals surface area contributed by atoms with E-state index in [1.165, 1.54) is 25.9 Å². The average Bonchev–Trinajstić information content (AvgIpc) is 2.95. The number of nitrogens with zero attached hydrogens (tertiary/aromatic N) is 3. The lowest BCUT2D eigenvalue weighted by atomic mass is 9.79. The number of carbonyl (C=O) groups is 1. The number of aliphatic imine (C=N–C) groups is 1. The maximum absolute atomic E-state index is 11.7. The molecule has 156 valence electrons. The van der Waals surface area contributed by atoms with Crippen LogP contribution in [0, 0.1) is 11.3 Å². The molecule has 3 aliphatic heterocycles. The van der Waals surface area contributed by atoms with Gasteiger partial charge in [-0.25, -0.2) is 0 Å². The normalized spacial score (nSPS) is 30.2. The first kappa shape index (κ1) is 22.7. The predicted octanol–water partition coefficient (Wildman–Crippen LogP) is 2.29.